The third kappa shape index (κ3) is 3.73. The van der Waals surface area contributed by atoms with E-state index in [0.717, 1.165) is 37.0 Å². The molecule has 0 amide bonds. The number of benzene rings is 2. The van der Waals surface area contributed by atoms with Gasteiger partial charge in [-0.1, -0.05) is 24.3 Å². The van der Waals surface area contributed by atoms with Crippen LogP contribution < -0.4 is 0 Å². The van der Waals surface area contributed by atoms with Crippen LogP contribution in [-0.4, -0.2) is 34.6 Å². The minimum absolute atomic E-state index is 0.271. The number of para-hydroxylation sites is 1. The summed E-state index contributed by atoms with van der Waals surface area (Å²) in [5.74, 6) is 0.240. The second-order valence-corrected chi connectivity index (χ2v) is 7.72. The van der Waals surface area contributed by atoms with Gasteiger partial charge in [0, 0.05) is 12.5 Å². The highest BCUT2D eigenvalue weighted by Crippen LogP contribution is 2.34. The molecule has 130 valence electrons. The van der Waals surface area contributed by atoms with Gasteiger partial charge in [-0.05, 0) is 55.8 Å². The molecule has 1 atom stereocenters. The average molecular weight is 356 g/mol. The van der Waals surface area contributed by atoms with Crippen LogP contribution >= 0.6 is 11.3 Å². The highest BCUT2D eigenvalue weighted by Gasteiger charge is 2.24. The summed E-state index contributed by atoms with van der Waals surface area (Å²) in [5.41, 5.74) is 1.87. The van der Waals surface area contributed by atoms with Crippen molar-refractivity contribution < 1.29 is 9.50 Å². The van der Waals surface area contributed by atoms with Gasteiger partial charge in [-0.25, -0.2) is 9.37 Å². The monoisotopic (exact) mass is 356 g/mol. The van der Waals surface area contributed by atoms with Crippen molar-refractivity contribution in [1.29, 1.82) is 0 Å². The van der Waals surface area contributed by atoms with Gasteiger partial charge in [0.1, 0.15) is 5.82 Å². The molecule has 1 fully saturated rings. The van der Waals surface area contributed by atoms with Gasteiger partial charge in [-0.2, -0.15) is 0 Å². The summed E-state index contributed by atoms with van der Waals surface area (Å²) in [4.78, 5) is 7.08. The molecule has 0 aliphatic carbocycles. The predicted molar refractivity (Wildman–Crippen MR) is 99.4 cm³/mol. The van der Waals surface area contributed by atoms with Gasteiger partial charge in [0.25, 0.3) is 0 Å². The number of aliphatic hydroxyl groups is 1. The van der Waals surface area contributed by atoms with E-state index in [2.05, 4.69) is 23.1 Å². The number of thiazole rings is 1. The summed E-state index contributed by atoms with van der Waals surface area (Å²) >= 11 is 1.80. The number of fused-ring (bicyclic) bond motifs is 1. The van der Waals surface area contributed by atoms with Crippen LogP contribution in [-0.2, 0) is 0 Å². The quantitative estimate of drug-likeness (QED) is 0.755. The first-order valence-electron chi connectivity index (χ1n) is 8.70. The van der Waals surface area contributed by atoms with Crippen molar-refractivity contribution in [2.45, 2.75) is 24.9 Å². The number of β-amino-alcohol motifs (C(OH)–C–C–N with tert-alkyl or cyclic N) is 1. The van der Waals surface area contributed by atoms with Crippen LogP contribution in [0.2, 0.25) is 0 Å². The first-order chi connectivity index (χ1) is 12.2. The van der Waals surface area contributed by atoms with Gasteiger partial charge in [0.05, 0.1) is 21.3 Å². The van der Waals surface area contributed by atoms with E-state index in [1.807, 2.05) is 6.07 Å². The molecule has 5 heteroatoms. The molecule has 3 aromatic rings. The van der Waals surface area contributed by atoms with Crippen molar-refractivity contribution in [2.75, 3.05) is 19.6 Å². The maximum absolute atomic E-state index is 13.0. The minimum atomic E-state index is -0.570. The largest absolute Gasteiger partial charge is 0.387 e. The maximum atomic E-state index is 13.0. The van der Waals surface area contributed by atoms with Crippen LogP contribution in [0.5, 0.6) is 0 Å². The SMILES string of the molecule is OC(CN1CCC(c2nc3ccccc3s2)CC1)c1ccc(F)cc1. The molecule has 3 nitrogen and oxygen atoms in total. The Hall–Kier alpha value is -1.82. The zero-order valence-corrected chi connectivity index (χ0v) is 14.8. The van der Waals surface area contributed by atoms with E-state index in [4.69, 9.17) is 4.98 Å². The molecule has 1 N–H and O–H groups in total. The Morgan fingerprint density at radius 1 is 1.12 bits per heavy atom. The molecule has 0 spiro atoms. The molecule has 1 unspecified atom stereocenters. The van der Waals surface area contributed by atoms with E-state index in [1.54, 1.807) is 23.5 Å². The van der Waals surface area contributed by atoms with Crippen molar-refractivity contribution in [3.05, 3.63) is 64.9 Å². The fraction of sp³-hybridized carbons (Fsp3) is 0.350. The van der Waals surface area contributed by atoms with Crippen LogP contribution in [0.1, 0.15) is 35.4 Å². The van der Waals surface area contributed by atoms with Crippen LogP contribution in [0.25, 0.3) is 10.2 Å². The van der Waals surface area contributed by atoms with Crippen LogP contribution in [0, 0.1) is 5.82 Å². The van der Waals surface area contributed by atoms with Gasteiger partial charge < -0.3 is 10.0 Å². The Morgan fingerprint density at radius 2 is 1.84 bits per heavy atom. The highest BCUT2D eigenvalue weighted by atomic mass is 32.1. The molecule has 0 radical (unpaired) electrons. The Morgan fingerprint density at radius 3 is 2.56 bits per heavy atom. The first-order valence-corrected chi connectivity index (χ1v) is 9.52. The van der Waals surface area contributed by atoms with E-state index in [-0.39, 0.29) is 5.82 Å². The van der Waals surface area contributed by atoms with E-state index in [9.17, 15) is 9.50 Å². The molecule has 2 aromatic carbocycles. The predicted octanol–water partition coefficient (Wildman–Crippen LogP) is 4.35. The molecule has 2 heterocycles. The molecule has 1 saturated heterocycles. The van der Waals surface area contributed by atoms with E-state index in [1.165, 1.54) is 21.8 Å². The Kier molecular flexibility index (Phi) is 4.79. The van der Waals surface area contributed by atoms with E-state index >= 15 is 0 Å². The van der Waals surface area contributed by atoms with E-state index in [0.29, 0.717) is 12.5 Å². The number of piperidine rings is 1. The average Bonchev–Trinajstić information content (AvgIpc) is 3.07. The van der Waals surface area contributed by atoms with Crippen molar-refractivity contribution in [2.24, 2.45) is 0 Å². The zero-order valence-electron chi connectivity index (χ0n) is 13.9. The van der Waals surface area contributed by atoms with Crippen molar-refractivity contribution in [3.63, 3.8) is 0 Å². The second kappa shape index (κ2) is 7.20. The lowest BCUT2D eigenvalue weighted by Crippen LogP contribution is -2.36. The third-order valence-corrected chi connectivity index (χ3v) is 6.13. The Bertz CT molecular complexity index is 807. The molecule has 1 aromatic heterocycles. The Balaban J connectivity index is 1.35. The van der Waals surface area contributed by atoms with Crippen molar-refractivity contribution >= 4 is 21.6 Å². The lowest BCUT2D eigenvalue weighted by molar-refractivity contribution is 0.0972. The maximum Gasteiger partial charge on any atom is 0.123 e. The van der Waals surface area contributed by atoms with Crippen LogP contribution in [0.15, 0.2) is 48.5 Å². The molecule has 1 aliphatic rings. The number of likely N-dealkylation sites (tertiary alicyclic amines) is 1. The molecule has 0 saturated carbocycles. The topological polar surface area (TPSA) is 36.4 Å². The lowest BCUT2D eigenvalue weighted by Gasteiger charge is -2.32. The summed E-state index contributed by atoms with van der Waals surface area (Å²) < 4.78 is 14.2. The van der Waals surface area contributed by atoms with E-state index < -0.39 is 6.10 Å². The first kappa shape index (κ1) is 16.6. The summed E-state index contributed by atoms with van der Waals surface area (Å²) in [6.45, 7) is 2.51. The third-order valence-electron chi connectivity index (χ3n) is 4.93. The van der Waals surface area contributed by atoms with Crippen molar-refractivity contribution in [3.8, 4) is 0 Å². The van der Waals surface area contributed by atoms with Gasteiger partial charge in [0.2, 0.25) is 0 Å². The summed E-state index contributed by atoms with van der Waals surface area (Å²) in [5, 5.41) is 11.6. The smallest absolute Gasteiger partial charge is 0.123 e. The number of hydrogen-bond acceptors (Lipinski definition) is 4. The summed E-state index contributed by atoms with van der Waals surface area (Å²) in [6.07, 6.45) is 1.56. The van der Waals surface area contributed by atoms with Crippen molar-refractivity contribution in [1.82, 2.24) is 9.88 Å². The lowest BCUT2D eigenvalue weighted by atomic mass is 9.97. The zero-order chi connectivity index (χ0) is 17.2. The van der Waals surface area contributed by atoms with Gasteiger partial charge in [-0.3, -0.25) is 0 Å². The van der Waals surface area contributed by atoms with Crippen LogP contribution in [0.4, 0.5) is 4.39 Å². The molecule has 25 heavy (non-hydrogen) atoms. The number of nitrogens with zero attached hydrogens (tertiary/aromatic N) is 2. The normalized spacial score (nSPS) is 17.8. The van der Waals surface area contributed by atoms with Gasteiger partial charge in [0.15, 0.2) is 0 Å². The number of aliphatic hydroxyl groups excluding tert-OH is 1. The molecule has 1 aliphatic heterocycles. The van der Waals surface area contributed by atoms with Crippen LogP contribution in [0.3, 0.4) is 0 Å². The fourth-order valence-electron chi connectivity index (χ4n) is 3.46. The Labute approximate surface area is 150 Å². The number of halogens is 1. The molecular formula is C20H21FN2OS. The minimum Gasteiger partial charge on any atom is -0.387 e. The summed E-state index contributed by atoms with van der Waals surface area (Å²) in [6, 6.07) is 14.4. The molecule has 0 bridgehead atoms. The summed E-state index contributed by atoms with van der Waals surface area (Å²) in [7, 11) is 0. The second-order valence-electron chi connectivity index (χ2n) is 6.66. The molecular weight excluding hydrogens is 335 g/mol. The van der Waals surface area contributed by atoms with Gasteiger partial charge in [-0.15, -0.1) is 11.3 Å². The number of hydrogen-bond donors (Lipinski definition) is 1. The molecule has 4 rings (SSSR count). The highest BCUT2D eigenvalue weighted by molar-refractivity contribution is 7.18. The number of aromatic nitrogens is 1. The number of rotatable bonds is 4. The van der Waals surface area contributed by atoms with Gasteiger partial charge >= 0.3 is 0 Å². The standard InChI is InChI=1S/C20H21FN2OS/c21-16-7-5-14(6-8-16)18(24)13-23-11-9-15(10-12-23)20-22-17-3-1-2-4-19(17)25-20/h1-8,15,18,24H,9-13H2. The fourth-order valence-corrected chi connectivity index (χ4v) is 4.60.